The van der Waals surface area contributed by atoms with Crippen LogP contribution in [0, 0.1) is 6.92 Å². The molecule has 7 heteroatoms. The third-order valence-electron chi connectivity index (χ3n) is 4.69. The first-order valence-corrected chi connectivity index (χ1v) is 11.1. The monoisotopic (exact) mass is 432 g/mol. The summed E-state index contributed by atoms with van der Waals surface area (Å²) in [5.74, 6) is 0.0853. The van der Waals surface area contributed by atoms with E-state index < -0.39 is 6.04 Å². The van der Waals surface area contributed by atoms with Crippen molar-refractivity contribution in [2.75, 3.05) is 17.7 Å². The van der Waals surface area contributed by atoms with Crippen LogP contribution in [0.1, 0.15) is 36.3 Å². The lowest BCUT2D eigenvalue weighted by molar-refractivity contribution is -0.148. The number of unbranched alkanes of at least 4 members (excludes halogenated alkanes) is 1. The van der Waals surface area contributed by atoms with Gasteiger partial charge in [-0.25, -0.2) is 9.59 Å². The lowest BCUT2D eigenvalue weighted by Crippen LogP contribution is -2.46. The Morgan fingerprint density at radius 1 is 1.24 bits per heavy atom. The van der Waals surface area contributed by atoms with Gasteiger partial charge >= 0.3 is 12.0 Å². The number of benzene rings is 2. The predicted molar refractivity (Wildman–Crippen MR) is 118 cm³/mol. The van der Waals surface area contributed by atoms with Crippen LogP contribution in [0.4, 0.5) is 10.5 Å². The summed E-state index contributed by atoms with van der Waals surface area (Å²) in [5.41, 5.74) is 2.53. The van der Waals surface area contributed by atoms with Crippen LogP contribution in [0.25, 0.3) is 0 Å². The van der Waals surface area contributed by atoms with Crippen LogP contribution in [0.3, 0.4) is 0 Å². The quantitative estimate of drug-likeness (QED) is 0.474. The number of esters is 1. The number of amides is 2. The van der Waals surface area contributed by atoms with Gasteiger partial charge in [0.2, 0.25) is 0 Å². The van der Waals surface area contributed by atoms with Gasteiger partial charge in [0.1, 0.15) is 11.4 Å². The second-order valence-corrected chi connectivity index (χ2v) is 8.47. The highest BCUT2D eigenvalue weighted by atomic mass is 35.5. The summed E-state index contributed by atoms with van der Waals surface area (Å²) >= 11 is 7.91. The van der Waals surface area contributed by atoms with Gasteiger partial charge in [-0.1, -0.05) is 55.3 Å². The molecule has 2 aromatic carbocycles. The summed E-state index contributed by atoms with van der Waals surface area (Å²) in [7, 11) is 0. The lowest BCUT2D eigenvalue weighted by atomic mass is 10.1. The largest absolute Gasteiger partial charge is 0.464 e. The van der Waals surface area contributed by atoms with Crippen LogP contribution in [0.5, 0.6) is 0 Å². The van der Waals surface area contributed by atoms with Crippen molar-refractivity contribution < 1.29 is 14.3 Å². The highest BCUT2D eigenvalue weighted by molar-refractivity contribution is 7.99. The van der Waals surface area contributed by atoms with Crippen molar-refractivity contribution in [1.82, 2.24) is 4.90 Å². The third kappa shape index (κ3) is 5.25. The van der Waals surface area contributed by atoms with Crippen LogP contribution in [0.2, 0.25) is 5.02 Å². The zero-order valence-corrected chi connectivity index (χ0v) is 18.1. The molecule has 2 atom stereocenters. The van der Waals surface area contributed by atoms with Gasteiger partial charge in [0.05, 0.1) is 6.61 Å². The van der Waals surface area contributed by atoms with Gasteiger partial charge < -0.3 is 10.1 Å². The zero-order valence-electron chi connectivity index (χ0n) is 16.6. The van der Waals surface area contributed by atoms with Gasteiger partial charge in [0.15, 0.2) is 0 Å². The first-order chi connectivity index (χ1) is 14.0. The van der Waals surface area contributed by atoms with Crippen molar-refractivity contribution in [2.24, 2.45) is 0 Å². The van der Waals surface area contributed by atoms with Crippen LogP contribution >= 0.6 is 23.4 Å². The fraction of sp³-hybridized carbons (Fsp3) is 0.364. The number of aryl methyl sites for hydroxylation is 1. The molecule has 0 aliphatic carbocycles. The van der Waals surface area contributed by atoms with Gasteiger partial charge in [-0.3, -0.25) is 4.90 Å². The van der Waals surface area contributed by atoms with E-state index in [0.717, 1.165) is 24.0 Å². The number of hydrogen-bond donors (Lipinski definition) is 1. The van der Waals surface area contributed by atoms with Gasteiger partial charge in [0.25, 0.3) is 0 Å². The van der Waals surface area contributed by atoms with Gasteiger partial charge in [-0.05, 0) is 37.1 Å². The average molecular weight is 433 g/mol. The van der Waals surface area contributed by atoms with E-state index in [0.29, 0.717) is 23.1 Å². The molecule has 154 valence electrons. The molecule has 0 spiro atoms. The molecular formula is C22H25ClN2O3S. The average Bonchev–Trinajstić information content (AvgIpc) is 3.13. The van der Waals surface area contributed by atoms with Crippen molar-refractivity contribution in [2.45, 2.75) is 38.1 Å². The molecule has 3 rings (SSSR count). The van der Waals surface area contributed by atoms with Crippen LogP contribution in [0.15, 0.2) is 48.5 Å². The van der Waals surface area contributed by atoms with E-state index in [4.69, 9.17) is 16.3 Å². The molecule has 1 saturated heterocycles. The molecule has 1 aliphatic rings. The second kappa shape index (κ2) is 10.0. The van der Waals surface area contributed by atoms with Gasteiger partial charge in [-0.15, -0.1) is 11.8 Å². The smallest absolute Gasteiger partial charge is 0.329 e. The maximum absolute atomic E-state index is 13.2. The minimum atomic E-state index is -0.664. The van der Waals surface area contributed by atoms with Crippen LogP contribution in [-0.2, 0) is 9.53 Å². The normalized spacial score (nSPS) is 18.5. The summed E-state index contributed by atoms with van der Waals surface area (Å²) in [6.07, 6.45) is 1.74. The summed E-state index contributed by atoms with van der Waals surface area (Å²) in [5, 5.41) is 3.12. The SMILES string of the molecule is CCCCOC(=O)C1CSC(c2ccccc2Cl)N1C(=O)Nc1cccc(C)c1. The highest BCUT2D eigenvalue weighted by Gasteiger charge is 2.44. The van der Waals surface area contributed by atoms with E-state index in [1.165, 1.54) is 11.8 Å². The lowest BCUT2D eigenvalue weighted by Gasteiger charge is -2.29. The number of thioether (sulfide) groups is 1. The van der Waals surface area contributed by atoms with E-state index in [1.807, 2.05) is 56.3 Å². The first kappa shape index (κ1) is 21.5. The molecule has 2 amide bonds. The maximum atomic E-state index is 13.2. The molecule has 29 heavy (non-hydrogen) atoms. The number of carbonyl (C=O) groups is 2. The molecule has 2 aromatic rings. The molecule has 0 bridgehead atoms. The Morgan fingerprint density at radius 2 is 2.03 bits per heavy atom. The summed E-state index contributed by atoms with van der Waals surface area (Å²) in [6, 6.07) is 14.0. The second-order valence-electron chi connectivity index (χ2n) is 6.95. The fourth-order valence-corrected chi connectivity index (χ4v) is 4.93. The summed E-state index contributed by atoms with van der Waals surface area (Å²) in [4.78, 5) is 27.5. The number of anilines is 1. The first-order valence-electron chi connectivity index (χ1n) is 9.70. The molecule has 2 unspecified atom stereocenters. The van der Waals surface area contributed by atoms with E-state index in [1.54, 1.807) is 11.0 Å². The highest BCUT2D eigenvalue weighted by Crippen LogP contribution is 2.44. The number of rotatable bonds is 6. The zero-order chi connectivity index (χ0) is 20.8. The van der Waals surface area contributed by atoms with Crippen molar-refractivity contribution >= 4 is 41.1 Å². The summed E-state index contributed by atoms with van der Waals surface area (Å²) in [6.45, 7) is 4.36. The number of ether oxygens (including phenoxy) is 1. The van der Waals surface area contributed by atoms with E-state index in [-0.39, 0.29) is 17.4 Å². The maximum Gasteiger partial charge on any atom is 0.329 e. The number of halogens is 1. The molecule has 1 N–H and O–H groups in total. The van der Waals surface area contributed by atoms with Crippen molar-refractivity contribution in [3.05, 3.63) is 64.7 Å². The van der Waals surface area contributed by atoms with Gasteiger partial charge in [0, 0.05) is 22.0 Å². The number of urea groups is 1. The Bertz CT molecular complexity index is 877. The van der Waals surface area contributed by atoms with E-state index in [9.17, 15) is 9.59 Å². The van der Waals surface area contributed by atoms with E-state index in [2.05, 4.69) is 5.32 Å². The predicted octanol–water partition coefficient (Wildman–Crippen LogP) is 5.64. The Morgan fingerprint density at radius 3 is 2.76 bits per heavy atom. The topological polar surface area (TPSA) is 58.6 Å². The summed E-state index contributed by atoms with van der Waals surface area (Å²) < 4.78 is 5.42. The van der Waals surface area contributed by atoms with Crippen molar-refractivity contribution in [1.29, 1.82) is 0 Å². The molecule has 0 aromatic heterocycles. The van der Waals surface area contributed by atoms with E-state index >= 15 is 0 Å². The van der Waals surface area contributed by atoms with Crippen molar-refractivity contribution in [3.63, 3.8) is 0 Å². The number of hydrogen-bond acceptors (Lipinski definition) is 4. The molecule has 0 radical (unpaired) electrons. The number of nitrogens with zero attached hydrogens (tertiary/aromatic N) is 1. The molecule has 1 fully saturated rings. The molecular weight excluding hydrogens is 408 g/mol. The number of nitrogens with one attached hydrogen (secondary N) is 1. The van der Waals surface area contributed by atoms with Gasteiger partial charge in [-0.2, -0.15) is 0 Å². The minimum absolute atomic E-state index is 0.344. The molecule has 5 nitrogen and oxygen atoms in total. The van der Waals surface area contributed by atoms with Crippen molar-refractivity contribution in [3.8, 4) is 0 Å². The molecule has 1 aliphatic heterocycles. The molecule has 0 saturated carbocycles. The van der Waals surface area contributed by atoms with Crippen LogP contribution < -0.4 is 5.32 Å². The minimum Gasteiger partial charge on any atom is -0.464 e. The fourth-order valence-electron chi connectivity index (χ4n) is 3.18. The Labute approximate surface area is 180 Å². The number of carbonyl (C=O) groups excluding carboxylic acids is 2. The Balaban J connectivity index is 1.86. The molecule has 1 heterocycles. The Hall–Kier alpha value is -2.18. The Kier molecular flexibility index (Phi) is 7.45. The van der Waals surface area contributed by atoms with Crippen LogP contribution in [-0.4, -0.2) is 35.3 Å². The third-order valence-corrected chi connectivity index (χ3v) is 6.34. The standard InChI is InChI=1S/C22H25ClN2O3S/c1-3-4-12-28-21(26)19-14-29-20(17-10-5-6-11-18(17)23)25(19)22(27)24-16-9-7-8-15(2)13-16/h5-11,13,19-20H,3-4,12,14H2,1-2H3,(H,24,27).